The van der Waals surface area contributed by atoms with Gasteiger partial charge in [0.05, 0.1) is 22.8 Å². The van der Waals surface area contributed by atoms with Crippen molar-refractivity contribution < 1.29 is 13.7 Å². The van der Waals surface area contributed by atoms with E-state index < -0.39 is 0 Å². The number of halogens is 3. The topological polar surface area (TPSA) is 46.3 Å². The minimum Gasteiger partial charge on any atom is -0.356 e. The van der Waals surface area contributed by atoms with Crippen molar-refractivity contribution in [1.29, 1.82) is 0 Å². The second-order valence-electron chi connectivity index (χ2n) is 6.04. The molecular formula is C19H13Cl2FN2O2. The van der Waals surface area contributed by atoms with Crippen LogP contribution in [0.5, 0.6) is 0 Å². The van der Waals surface area contributed by atoms with Crippen LogP contribution in [-0.2, 0) is 13.0 Å². The Kier molecular flexibility index (Phi) is 4.42. The van der Waals surface area contributed by atoms with Gasteiger partial charge in [0.1, 0.15) is 5.82 Å². The molecule has 3 aromatic rings. The Morgan fingerprint density at radius 1 is 1.15 bits per heavy atom. The van der Waals surface area contributed by atoms with Crippen molar-refractivity contribution in [3.63, 3.8) is 0 Å². The summed E-state index contributed by atoms with van der Waals surface area (Å²) in [5.41, 5.74) is 2.77. The molecule has 0 fully saturated rings. The fourth-order valence-electron chi connectivity index (χ4n) is 3.05. The van der Waals surface area contributed by atoms with Crippen molar-refractivity contribution in [3.8, 4) is 11.3 Å². The van der Waals surface area contributed by atoms with Crippen LogP contribution in [0.15, 0.2) is 47.0 Å². The molecule has 0 saturated heterocycles. The summed E-state index contributed by atoms with van der Waals surface area (Å²) in [7, 11) is 0. The van der Waals surface area contributed by atoms with Gasteiger partial charge in [-0.15, -0.1) is 0 Å². The zero-order valence-electron chi connectivity index (χ0n) is 13.5. The maximum atomic E-state index is 13.2. The number of rotatable bonds is 2. The van der Waals surface area contributed by atoms with Crippen LogP contribution in [0.3, 0.4) is 0 Å². The average molecular weight is 391 g/mol. The SMILES string of the molecule is O=C(c1ccc(Cl)cc1Cl)N1CCc2noc(-c3ccc(F)cc3)c2C1. The highest BCUT2D eigenvalue weighted by atomic mass is 35.5. The number of carbonyl (C=O) groups excluding carboxylic acids is 1. The molecule has 0 bridgehead atoms. The first-order valence-electron chi connectivity index (χ1n) is 8.00. The Morgan fingerprint density at radius 3 is 2.65 bits per heavy atom. The first-order chi connectivity index (χ1) is 12.5. The molecule has 0 radical (unpaired) electrons. The predicted molar refractivity (Wildman–Crippen MR) is 96.8 cm³/mol. The number of benzene rings is 2. The normalized spacial score (nSPS) is 13.6. The third-order valence-electron chi connectivity index (χ3n) is 4.39. The van der Waals surface area contributed by atoms with E-state index in [1.165, 1.54) is 12.1 Å². The van der Waals surface area contributed by atoms with E-state index >= 15 is 0 Å². The minimum atomic E-state index is -0.323. The molecule has 0 saturated carbocycles. The Hall–Kier alpha value is -2.37. The summed E-state index contributed by atoms with van der Waals surface area (Å²) in [4.78, 5) is 14.5. The number of aromatic nitrogens is 1. The summed E-state index contributed by atoms with van der Waals surface area (Å²) in [6, 6.07) is 10.8. The number of amides is 1. The third kappa shape index (κ3) is 3.08. The third-order valence-corrected chi connectivity index (χ3v) is 4.94. The largest absolute Gasteiger partial charge is 0.356 e. The molecule has 1 amide bonds. The number of hydrogen-bond acceptors (Lipinski definition) is 3. The second kappa shape index (κ2) is 6.74. The first kappa shape index (κ1) is 17.1. The Labute approximate surface area is 159 Å². The number of fused-ring (bicyclic) bond motifs is 1. The summed E-state index contributed by atoms with van der Waals surface area (Å²) < 4.78 is 18.6. The van der Waals surface area contributed by atoms with Crippen molar-refractivity contribution >= 4 is 29.1 Å². The zero-order valence-corrected chi connectivity index (χ0v) is 15.0. The van der Waals surface area contributed by atoms with E-state index in [9.17, 15) is 9.18 Å². The van der Waals surface area contributed by atoms with Crippen LogP contribution in [0.4, 0.5) is 4.39 Å². The summed E-state index contributed by atoms with van der Waals surface area (Å²) in [5.74, 6) is 0.0552. The highest BCUT2D eigenvalue weighted by Gasteiger charge is 2.28. The molecule has 4 rings (SSSR count). The number of nitrogens with zero attached hydrogens (tertiary/aromatic N) is 2. The molecule has 7 heteroatoms. The van der Waals surface area contributed by atoms with Crippen molar-refractivity contribution in [1.82, 2.24) is 10.1 Å². The summed E-state index contributed by atoms with van der Waals surface area (Å²) >= 11 is 12.1. The van der Waals surface area contributed by atoms with E-state index in [0.29, 0.717) is 40.9 Å². The van der Waals surface area contributed by atoms with Gasteiger partial charge in [-0.3, -0.25) is 4.79 Å². The Bertz CT molecular complexity index is 986. The maximum Gasteiger partial charge on any atom is 0.255 e. The van der Waals surface area contributed by atoms with Crippen molar-refractivity contribution in [2.24, 2.45) is 0 Å². The Morgan fingerprint density at radius 2 is 1.92 bits per heavy atom. The highest BCUT2D eigenvalue weighted by molar-refractivity contribution is 6.36. The van der Waals surface area contributed by atoms with Gasteiger partial charge in [0.25, 0.3) is 5.91 Å². The lowest BCUT2D eigenvalue weighted by atomic mass is 10.0. The van der Waals surface area contributed by atoms with Crippen LogP contribution < -0.4 is 0 Å². The van der Waals surface area contributed by atoms with E-state index in [4.69, 9.17) is 27.7 Å². The molecular weight excluding hydrogens is 378 g/mol. The lowest BCUT2D eigenvalue weighted by Crippen LogP contribution is -2.36. The van der Waals surface area contributed by atoms with Crippen LogP contribution in [-0.4, -0.2) is 22.5 Å². The van der Waals surface area contributed by atoms with E-state index in [2.05, 4.69) is 5.16 Å². The van der Waals surface area contributed by atoms with Crippen molar-refractivity contribution in [3.05, 3.63) is 75.1 Å². The van der Waals surface area contributed by atoms with Gasteiger partial charge >= 0.3 is 0 Å². The van der Waals surface area contributed by atoms with Gasteiger partial charge in [0.15, 0.2) is 5.76 Å². The number of carbonyl (C=O) groups is 1. The summed E-state index contributed by atoms with van der Waals surface area (Å²) in [5, 5.41) is 4.89. The van der Waals surface area contributed by atoms with E-state index in [0.717, 1.165) is 16.8 Å². The molecule has 0 N–H and O–H groups in total. The fraction of sp³-hybridized carbons (Fsp3) is 0.158. The molecule has 0 spiro atoms. The molecule has 132 valence electrons. The standard InChI is InChI=1S/C19H13Cl2FN2O2/c20-12-3-6-14(16(21)9-12)19(25)24-8-7-17-15(10-24)18(26-23-17)11-1-4-13(22)5-2-11/h1-6,9H,7-8,10H2. The molecule has 2 heterocycles. The smallest absolute Gasteiger partial charge is 0.255 e. The lowest BCUT2D eigenvalue weighted by Gasteiger charge is -2.26. The molecule has 0 aliphatic carbocycles. The van der Waals surface area contributed by atoms with Gasteiger partial charge in [-0.2, -0.15) is 0 Å². The zero-order chi connectivity index (χ0) is 18.3. The lowest BCUT2D eigenvalue weighted by molar-refractivity contribution is 0.0735. The first-order valence-corrected chi connectivity index (χ1v) is 8.76. The fourth-order valence-corrected chi connectivity index (χ4v) is 3.54. The number of hydrogen-bond donors (Lipinski definition) is 0. The monoisotopic (exact) mass is 390 g/mol. The van der Waals surface area contributed by atoms with Gasteiger partial charge in [0.2, 0.25) is 0 Å². The maximum absolute atomic E-state index is 13.2. The molecule has 26 heavy (non-hydrogen) atoms. The molecule has 1 aliphatic rings. The molecule has 0 unspecified atom stereocenters. The molecule has 1 aliphatic heterocycles. The molecule has 1 aromatic heterocycles. The van der Waals surface area contributed by atoms with Gasteiger partial charge in [-0.25, -0.2) is 4.39 Å². The Balaban J connectivity index is 1.64. The van der Waals surface area contributed by atoms with Crippen LogP contribution in [0.2, 0.25) is 10.0 Å². The average Bonchev–Trinajstić information content (AvgIpc) is 3.05. The molecule has 2 aromatic carbocycles. The summed E-state index contributed by atoms with van der Waals surface area (Å²) in [6.07, 6.45) is 0.580. The van der Waals surface area contributed by atoms with E-state index in [1.54, 1.807) is 35.2 Å². The molecule has 0 atom stereocenters. The highest BCUT2D eigenvalue weighted by Crippen LogP contribution is 2.32. The van der Waals surface area contributed by atoms with Crippen molar-refractivity contribution in [2.45, 2.75) is 13.0 Å². The van der Waals surface area contributed by atoms with Crippen LogP contribution in [0, 0.1) is 5.82 Å². The van der Waals surface area contributed by atoms with Gasteiger partial charge in [0, 0.05) is 29.1 Å². The van der Waals surface area contributed by atoms with E-state index in [1.807, 2.05) is 0 Å². The van der Waals surface area contributed by atoms with Gasteiger partial charge in [-0.05, 0) is 42.5 Å². The van der Waals surface area contributed by atoms with Crippen LogP contribution in [0.25, 0.3) is 11.3 Å². The second-order valence-corrected chi connectivity index (χ2v) is 6.89. The van der Waals surface area contributed by atoms with Crippen molar-refractivity contribution in [2.75, 3.05) is 6.54 Å². The predicted octanol–water partition coefficient (Wildman–Crippen LogP) is 4.99. The van der Waals surface area contributed by atoms with Gasteiger partial charge in [-0.1, -0.05) is 28.4 Å². The van der Waals surface area contributed by atoms with Crippen LogP contribution >= 0.6 is 23.2 Å². The quantitative estimate of drug-likeness (QED) is 0.619. The molecule has 4 nitrogen and oxygen atoms in total. The van der Waals surface area contributed by atoms with Gasteiger partial charge < -0.3 is 9.42 Å². The van der Waals surface area contributed by atoms with Crippen LogP contribution in [0.1, 0.15) is 21.6 Å². The summed E-state index contributed by atoms with van der Waals surface area (Å²) in [6.45, 7) is 0.865. The van der Waals surface area contributed by atoms with E-state index in [-0.39, 0.29) is 11.7 Å². The minimum absolute atomic E-state index is 0.177.